The van der Waals surface area contributed by atoms with Crippen molar-refractivity contribution in [2.75, 3.05) is 31.6 Å². The summed E-state index contributed by atoms with van der Waals surface area (Å²) in [6.45, 7) is 2.67. The lowest BCUT2D eigenvalue weighted by atomic mass is 9.98. The molecule has 0 aliphatic carbocycles. The first kappa shape index (κ1) is 14.2. The summed E-state index contributed by atoms with van der Waals surface area (Å²) in [6, 6.07) is 4.79. The number of piperidine rings is 1. The van der Waals surface area contributed by atoms with E-state index in [1.165, 1.54) is 6.07 Å². The summed E-state index contributed by atoms with van der Waals surface area (Å²) in [5, 5.41) is 22.9. The van der Waals surface area contributed by atoms with E-state index in [-0.39, 0.29) is 11.4 Å². The van der Waals surface area contributed by atoms with Crippen LogP contribution in [0.1, 0.15) is 18.5 Å². The molecule has 0 saturated carbocycles. The van der Waals surface area contributed by atoms with Crippen LogP contribution in [0.3, 0.4) is 0 Å². The first-order valence-electron chi connectivity index (χ1n) is 6.60. The Labute approximate surface area is 117 Å². The topological polar surface area (TPSA) is 95.1 Å². The minimum absolute atomic E-state index is 0.122. The number of pyridine rings is 1. The van der Waals surface area contributed by atoms with Gasteiger partial charge < -0.3 is 10.2 Å². The third kappa shape index (κ3) is 3.03. The third-order valence-electron chi connectivity index (χ3n) is 3.50. The molecule has 7 nitrogen and oxygen atoms in total. The van der Waals surface area contributed by atoms with E-state index in [2.05, 4.69) is 15.2 Å². The summed E-state index contributed by atoms with van der Waals surface area (Å²) >= 11 is 0. The van der Waals surface area contributed by atoms with E-state index in [9.17, 15) is 10.1 Å². The second-order valence-electron chi connectivity index (χ2n) is 4.92. The van der Waals surface area contributed by atoms with Crippen molar-refractivity contribution in [3.05, 3.63) is 27.9 Å². The number of hydrogen-bond acceptors (Lipinski definition) is 6. The summed E-state index contributed by atoms with van der Waals surface area (Å²) in [5.41, 5.74) is -0.358. The van der Waals surface area contributed by atoms with Gasteiger partial charge in [0.1, 0.15) is 11.9 Å². The first-order chi connectivity index (χ1) is 9.65. The van der Waals surface area contributed by atoms with Crippen molar-refractivity contribution in [2.24, 2.45) is 5.92 Å². The lowest BCUT2D eigenvalue weighted by Gasteiger charge is -2.33. The molecule has 2 rings (SSSR count). The second kappa shape index (κ2) is 6.30. The summed E-state index contributed by atoms with van der Waals surface area (Å²) in [6.07, 6.45) is 2.22. The van der Waals surface area contributed by atoms with E-state index in [0.29, 0.717) is 11.7 Å². The van der Waals surface area contributed by atoms with Crippen LogP contribution < -0.4 is 10.2 Å². The predicted octanol–water partition coefficient (Wildman–Crippen LogP) is 1.30. The smallest absolute Gasteiger partial charge is 0.305 e. The van der Waals surface area contributed by atoms with Gasteiger partial charge in [0.25, 0.3) is 0 Å². The van der Waals surface area contributed by atoms with Crippen molar-refractivity contribution in [3.63, 3.8) is 0 Å². The van der Waals surface area contributed by atoms with E-state index in [4.69, 9.17) is 5.26 Å². The van der Waals surface area contributed by atoms with Crippen LogP contribution in [0.25, 0.3) is 0 Å². The second-order valence-corrected chi connectivity index (χ2v) is 4.92. The molecule has 1 aliphatic heterocycles. The highest BCUT2D eigenvalue weighted by atomic mass is 16.6. The Morgan fingerprint density at radius 2 is 2.45 bits per heavy atom. The summed E-state index contributed by atoms with van der Waals surface area (Å²) in [7, 11) is 1.93. The zero-order valence-corrected chi connectivity index (χ0v) is 11.4. The molecule has 1 saturated heterocycles. The molecule has 0 bridgehead atoms. The highest BCUT2D eigenvalue weighted by Crippen LogP contribution is 2.24. The Morgan fingerprint density at radius 3 is 3.10 bits per heavy atom. The molecule has 1 N–H and O–H groups in total. The average molecular weight is 275 g/mol. The molecule has 1 aliphatic rings. The van der Waals surface area contributed by atoms with Gasteiger partial charge in [-0.15, -0.1) is 0 Å². The van der Waals surface area contributed by atoms with Crippen molar-refractivity contribution >= 4 is 11.5 Å². The van der Waals surface area contributed by atoms with Gasteiger partial charge in [0, 0.05) is 19.2 Å². The number of nitriles is 1. The van der Waals surface area contributed by atoms with Gasteiger partial charge in [-0.25, -0.2) is 4.98 Å². The van der Waals surface area contributed by atoms with Gasteiger partial charge in [-0.1, -0.05) is 0 Å². The number of nitrogens with zero attached hydrogens (tertiary/aromatic N) is 4. The molecule has 1 aromatic heterocycles. The molecule has 1 fully saturated rings. The number of nitro groups is 1. The van der Waals surface area contributed by atoms with E-state index in [1.807, 2.05) is 7.05 Å². The maximum absolute atomic E-state index is 10.8. The van der Waals surface area contributed by atoms with Gasteiger partial charge in [0.05, 0.1) is 4.92 Å². The van der Waals surface area contributed by atoms with Crippen LogP contribution >= 0.6 is 0 Å². The van der Waals surface area contributed by atoms with Crippen molar-refractivity contribution in [1.82, 2.24) is 10.3 Å². The van der Waals surface area contributed by atoms with E-state index >= 15 is 0 Å². The maximum Gasteiger partial charge on any atom is 0.305 e. The fourth-order valence-corrected chi connectivity index (χ4v) is 2.58. The van der Waals surface area contributed by atoms with Crippen LogP contribution in [0.5, 0.6) is 0 Å². The Bertz CT molecular complexity index is 538. The Balaban J connectivity index is 2.20. The van der Waals surface area contributed by atoms with Crippen LogP contribution in [0.15, 0.2) is 12.1 Å². The van der Waals surface area contributed by atoms with Crippen molar-refractivity contribution in [2.45, 2.75) is 12.8 Å². The zero-order valence-electron chi connectivity index (χ0n) is 11.4. The monoisotopic (exact) mass is 275 g/mol. The third-order valence-corrected chi connectivity index (χ3v) is 3.50. The SMILES string of the molecule is CNCC1CCCN(c2ccc([N+](=O)[O-])c(C#N)n2)C1. The molecule has 0 amide bonds. The Kier molecular flexibility index (Phi) is 4.48. The first-order valence-corrected chi connectivity index (χ1v) is 6.60. The van der Waals surface area contributed by atoms with Crippen LogP contribution in [-0.4, -0.2) is 36.6 Å². The quantitative estimate of drug-likeness (QED) is 0.657. The van der Waals surface area contributed by atoms with Crippen LogP contribution in [0.4, 0.5) is 11.5 Å². The van der Waals surface area contributed by atoms with Crippen molar-refractivity contribution in [1.29, 1.82) is 5.26 Å². The average Bonchev–Trinajstić information content (AvgIpc) is 2.47. The minimum atomic E-state index is -0.574. The normalized spacial score (nSPS) is 18.6. The minimum Gasteiger partial charge on any atom is -0.356 e. The van der Waals surface area contributed by atoms with E-state index in [1.54, 1.807) is 12.1 Å². The van der Waals surface area contributed by atoms with Gasteiger partial charge in [-0.2, -0.15) is 5.26 Å². The Morgan fingerprint density at radius 1 is 1.65 bits per heavy atom. The highest BCUT2D eigenvalue weighted by Gasteiger charge is 2.23. The lowest BCUT2D eigenvalue weighted by Crippen LogP contribution is -2.39. The number of rotatable bonds is 4. The molecular formula is C13H17N5O2. The molecule has 1 aromatic rings. The predicted molar refractivity (Wildman–Crippen MR) is 74.5 cm³/mol. The lowest BCUT2D eigenvalue weighted by molar-refractivity contribution is -0.385. The largest absolute Gasteiger partial charge is 0.356 e. The molecule has 0 aromatic carbocycles. The molecule has 1 atom stereocenters. The molecule has 0 radical (unpaired) electrons. The number of hydrogen-bond donors (Lipinski definition) is 1. The number of anilines is 1. The Hall–Kier alpha value is -2.20. The van der Waals surface area contributed by atoms with Crippen LogP contribution in [0.2, 0.25) is 0 Å². The van der Waals surface area contributed by atoms with Gasteiger partial charge in [-0.3, -0.25) is 10.1 Å². The molecule has 1 unspecified atom stereocenters. The molecule has 0 spiro atoms. The molecule has 106 valence electrons. The van der Waals surface area contributed by atoms with E-state index < -0.39 is 4.92 Å². The number of nitrogens with one attached hydrogen (secondary N) is 1. The number of aromatic nitrogens is 1. The van der Waals surface area contributed by atoms with Crippen molar-refractivity contribution in [3.8, 4) is 6.07 Å². The fraction of sp³-hybridized carbons (Fsp3) is 0.538. The van der Waals surface area contributed by atoms with Gasteiger partial charge in [0.15, 0.2) is 0 Å². The summed E-state index contributed by atoms with van der Waals surface area (Å²) < 4.78 is 0. The summed E-state index contributed by atoms with van der Waals surface area (Å²) in [4.78, 5) is 16.5. The van der Waals surface area contributed by atoms with Gasteiger partial charge >= 0.3 is 5.69 Å². The van der Waals surface area contributed by atoms with Gasteiger partial charge in [0.2, 0.25) is 5.69 Å². The summed E-state index contributed by atoms with van der Waals surface area (Å²) in [5.74, 6) is 1.18. The molecular weight excluding hydrogens is 258 g/mol. The van der Waals surface area contributed by atoms with Gasteiger partial charge in [-0.05, 0) is 38.4 Å². The maximum atomic E-state index is 10.8. The fourth-order valence-electron chi connectivity index (χ4n) is 2.58. The zero-order chi connectivity index (χ0) is 14.5. The molecule has 2 heterocycles. The highest BCUT2D eigenvalue weighted by molar-refractivity contribution is 5.51. The van der Waals surface area contributed by atoms with Crippen LogP contribution in [-0.2, 0) is 0 Å². The molecule has 7 heteroatoms. The van der Waals surface area contributed by atoms with E-state index in [0.717, 1.165) is 32.5 Å². The standard InChI is InChI=1S/C13H17N5O2/c1-15-8-10-3-2-6-17(9-10)13-5-4-12(18(19)20)11(7-14)16-13/h4-5,10,15H,2-3,6,8-9H2,1H3. The van der Waals surface area contributed by atoms with Crippen LogP contribution in [0, 0.1) is 27.4 Å². The van der Waals surface area contributed by atoms with Crippen molar-refractivity contribution < 1.29 is 4.92 Å². The molecule has 20 heavy (non-hydrogen) atoms.